The van der Waals surface area contributed by atoms with Crippen molar-refractivity contribution in [3.8, 4) is 11.5 Å². The third-order valence-corrected chi connectivity index (χ3v) is 3.34. The summed E-state index contributed by atoms with van der Waals surface area (Å²) in [6.45, 7) is -0.240. The molecule has 21 heavy (non-hydrogen) atoms. The molecule has 4 nitrogen and oxygen atoms in total. The highest BCUT2D eigenvalue weighted by Crippen LogP contribution is 2.27. The van der Waals surface area contributed by atoms with Crippen LogP contribution in [0.5, 0.6) is 11.5 Å². The molecule has 0 aliphatic rings. The van der Waals surface area contributed by atoms with E-state index in [4.69, 9.17) is 21.1 Å². The highest BCUT2D eigenvalue weighted by molar-refractivity contribution is 9.10. The first-order chi connectivity index (χ1) is 10.1. The van der Waals surface area contributed by atoms with Crippen LogP contribution < -0.4 is 9.47 Å². The first kappa shape index (κ1) is 15.5. The van der Waals surface area contributed by atoms with E-state index in [9.17, 15) is 9.59 Å². The molecule has 0 N–H and O–H groups in total. The molecule has 2 rings (SSSR count). The number of hydrogen-bond donors (Lipinski definition) is 0. The lowest BCUT2D eigenvalue weighted by atomic mass is 10.2. The molecule has 0 saturated carbocycles. The van der Waals surface area contributed by atoms with Crippen molar-refractivity contribution in [2.75, 3.05) is 6.61 Å². The van der Waals surface area contributed by atoms with Crippen LogP contribution in [-0.4, -0.2) is 18.9 Å². The largest absolute Gasteiger partial charge is 0.481 e. The van der Waals surface area contributed by atoms with Gasteiger partial charge in [-0.2, -0.15) is 0 Å². The predicted octanol–water partition coefficient (Wildman–Crippen LogP) is 3.90. The standard InChI is InChI=1S/C15H10BrClO4/c16-13-7-11(17)3-6-14(13)20-9-15(19)21-12-4-1-10(8-18)2-5-12/h1-8H,9H2. The van der Waals surface area contributed by atoms with Crippen LogP contribution in [0.4, 0.5) is 0 Å². The lowest BCUT2D eigenvalue weighted by molar-refractivity contribution is -0.136. The molecule has 0 spiro atoms. The van der Waals surface area contributed by atoms with Gasteiger partial charge in [0.2, 0.25) is 0 Å². The van der Waals surface area contributed by atoms with Crippen molar-refractivity contribution in [3.05, 3.63) is 57.5 Å². The number of rotatable bonds is 5. The summed E-state index contributed by atoms with van der Waals surface area (Å²) in [6.07, 6.45) is 0.715. The Balaban J connectivity index is 1.90. The minimum Gasteiger partial charge on any atom is -0.481 e. The molecule has 0 atom stereocenters. The molecule has 0 aromatic heterocycles. The summed E-state index contributed by atoms with van der Waals surface area (Å²) in [5, 5.41) is 0.562. The summed E-state index contributed by atoms with van der Waals surface area (Å²) in [6, 6.07) is 11.2. The van der Waals surface area contributed by atoms with E-state index < -0.39 is 5.97 Å². The summed E-state index contributed by atoms with van der Waals surface area (Å²) in [4.78, 5) is 22.2. The summed E-state index contributed by atoms with van der Waals surface area (Å²) < 4.78 is 11.1. The summed E-state index contributed by atoms with van der Waals surface area (Å²) in [5.41, 5.74) is 0.510. The van der Waals surface area contributed by atoms with Crippen LogP contribution >= 0.6 is 27.5 Å². The first-order valence-corrected chi connectivity index (χ1v) is 7.09. The van der Waals surface area contributed by atoms with Gasteiger partial charge in [0.1, 0.15) is 17.8 Å². The third-order valence-electron chi connectivity index (χ3n) is 2.49. The molecule has 0 aliphatic heterocycles. The van der Waals surface area contributed by atoms with E-state index in [1.165, 1.54) is 0 Å². The van der Waals surface area contributed by atoms with Gasteiger partial charge in [0.15, 0.2) is 6.61 Å². The Morgan fingerprint density at radius 3 is 2.52 bits per heavy atom. The monoisotopic (exact) mass is 368 g/mol. The number of benzene rings is 2. The zero-order chi connectivity index (χ0) is 15.2. The second-order valence-corrected chi connectivity index (χ2v) is 5.32. The SMILES string of the molecule is O=Cc1ccc(OC(=O)COc2ccc(Cl)cc2Br)cc1. The van der Waals surface area contributed by atoms with Gasteiger partial charge in [-0.15, -0.1) is 0 Å². The maximum Gasteiger partial charge on any atom is 0.349 e. The Bertz CT molecular complexity index is 655. The van der Waals surface area contributed by atoms with Gasteiger partial charge in [-0.25, -0.2) is 4.79 Å². The number of esters is 1. The normalized spacial score (nSPS) is 10.0. The fraction of sp³-hybridized carbons (Fsp3) is 0.0667. The number of halogens is 2. The van der Waals surface area contributed by atoms with Gasteiger partial charge in [0.25, 0.3) is 0 Å². The molecule has 0 amide bonds. The van der Waals surface area contributed by atoms with Crippen LogP contribution in [0.2, 0.25) is 5.02 Å². The zero-order valence-corrected chi connectivity index (χ0v) is 13.1. The molecular weight excluding hydrogens is 360 g/mol. The van der Waals surface area contributed by atoms with Gasteiger partial charge in [-0.05, 0) is 58.4 Å². The maximum absolute atomic E-state index is 11.7. The van der Waals surface area contributed by atoms with Crippen molar-refractivity contribution in [2.45, 2.75) is 0 Å². The molecule has 2 aromatic rings. The zero-order valence-electron chi connectivity index (χ0n) is 10.7. The lowest BCUT2D eigenvalue weighted by Crippen LogP contribution is -2.17. The van der Waals surface area contributed by atoms with E-state index in [1.807, 2.05) is 0 Å². The highest BCUT2D eigenvalue weighted by atomic mass is 79.9. The molecule has 0 saturated heterocycles. The minimum atomic E-state index is -0.546. The van der Waals surface area contributed by atoms with Crippen molar-refractivity contribution < 1.29 is 19.1 Å². The van der Waals surface area contributed by atoms with E-state index in [2.05, 4.69) is 15.9 Å². The van der Waals surface area contributed by atoms with E-state index >= 15 is 0 Å². The molecule has 0 unspecified atom stereocenters. The Labute approximate surface area is 134 Å². The number of aldehydes is 1. The average molecular weight is 370 g/mol. The summed E-state index contributed by atoms with van der Waals surface area (Å²) in [5.74, 6) is 0.299. The van der Waals surface area contributed by atoms with Crippen molar-refractivity contribution in [1.29, 1.82) is 0 Å². The molecule has 108 valence electrons. The minimum absolute atomic E-state index is 0.240. The van der Waals surface area contributed by atoms with Crippen LogP contribution in [0.1, 0.15) is 10.4 Å². The number of carbonyl (C=O) groups is 2. The van der Waals surface area contributed by atoms with Crippen molar-refractivity contribution in [3.63, 3.8) is 0 Å². The van der Waals surface area contributed by atoms with E-state index in [0.29, 0.717) is 32.8 Å². The van der Waals surface area contributed by atoms with Crippen molar-refractivity contribution >= 4 is 39.8 Å². The predicted molar refractivity (Wildman–Crippen MR) is 82.1 cm³/mol. The topological polar surface area (TPSA) is 52.6 Å². The quantitative estimate of drug-likeness (QED) is 0.456. The van der Waals surface area contributed by atoms with Crippen LogP contribution in [-0.2, 0) is 4.79 Å². The number of carbonyl (C=O) groups excluding carboxylic acids is 2. The Hall–Kier alpha value is -1.85. The Morgan fingerprint density at radius 1 is 1.19 bits per heavy atom. The number of hydrogen-bond acceptors (Lipinski definition) is 4. The van der Waals surface area contributed by atoms with Gasteiger partial charge in [-0.3, -0.25) is 4.79 Å². The Kier molecular flexibility index (Phi) is 5.36. The maximum atomic E-state index is 11.7. The fourth-order valence-electron chi connectivity index (χ4n) is 1.50. The van der Waals surface area contributed by atoms with Crippen LogP contribution in [0.25, 0.3) is 0 Å². The van der Waals surface area contributed by atoms with Gasteiger partial charge in [0.05, 0.1) is 4.47 Å². The van der Waals surface area contributed by atoms with E-state index in [-0.39, 0.29) is 6.61 Å². The number of ether oxygens (including phenoxy) is 2. The summed E-state index contributed by atoms with van der Waals surface area (Å²) in [7, 11) is 0. The van der Waals surface area contributed by atoms with Gasteiger partial charge < -0.3 is 9.47 Å². The Morgan fingerprint density at radius 2 is 1.90 bits per heavy atom. The van der Waals surface area contributed by atoms with Gasteiger partial charge >= 0.3 is 5.97 Å². The molecule has 2 aromatic carbocycles. The molecule has 0 fully saturated rings. The molecule has 0 radical (unpaired) electrons. The van der Waals surface area contributed by atoms with Crippen LogP contribution in [0.3, 0.4) is 0 Å². The second kappa shape index (κ2) is 7.24. The molecule has 6 heteroatoms. The van der Waals surface area contributed by atoms with Crippen molar-refractivity contribution in [2.24, 2.45) is 0 Å². The second-order valence-electron chi connectivity index (χ2n) is 4.02. The third kappa shape index (κ3) is 4.58. The molecule has 0 bridgehead atoms. The van der Waals surface area contributed by atoms with Crippen LogP contribution in [0, 0.1) is 0 Å². The summed E-state index contributed by atoms with van der Waals surface area (Å²) >= 11 is 9.10. The molecule has 0 aliphatic carbocycles. The van der Waals surface area contributed by atoms with E-state index in [0.717, 1.165) is 0 Å². The van der Waals surface area contributed by atoms with E-state index in [1.54, 1.807) is 42.5 Å². The lowest BCUT2D eigenvalue weighted by Gasteiger charge is -2.08. The molecular formula is C15H10BrClO4. The van der Waals surface area contributed by atoms with Gasteiger partial charge in [-0.1, -0.05) is 11.6 Å². The first-order valence-electron chi connectivity index (χ1n) is 5.92. The van der Waals surface area contributed by atoms with Crippen molar-refractivity contribution in [1.82, 2.24) is 0 Å². The average Bonchev–Trinajstić information content (AvgIpc) is 2.47. The van der Waals surface area contributed by atoms with Crippen LogP contribution in [0.15, 0.2) is 46.9 Å². The highest BCUT2D eigenvalue weighted by Gasteiger charge is 2.08. The van der Waals surface area contributed by atoms with Gasteiger partial charge in [0, 0.05) is 10.6 Å². The smallest absolute Gasteiger partial charge is 0.349 e. The fourth-order valence-corrected chi connectivity index (χ4v) is 2.30. The molecule has 0 heterocycles.